The molecule has 1 aromatic rings. The minimum atomic E-state index is -0.0646. The maximum absolute atomic E-state index is 8.56. The SMILES string of the molecule is CCc1nc([C@@H](C)N)cn1CC#N. The first-order chi connectivity index (χ1) is 6.19. The van der Waals surface area contributed by atoms with E-state index in [0.29, 0.717) is 6.54 Å². The van der Waals surface area contributed by atoms with Gasteiger partial charge in [0.2, 0.25) is 0 Å². The van der Waals surface area contributed by atoms with Crippen LogP contribution >= 0.6 is 0 Å². The van der Waals surface area contributed by atoms with Crippen LogP contribution in [-0.2, 0) is 13.0 Å². The Labute approximate surface area is 78.0 Å². The molecule has 0 aliphatic rings. The molecule has 0 spiro atoms. The van der Waals surface area contributed by atoms with Gasteiger partial charge in [0, 0.05) is 18.7 Å². The van der Waals surface area contributed by atoms with E-state index in [1.807, 2.05) is 24.6 Å². The largest absolute Gasteiger partial charge is 0.323 e. The van der Waals surface area contributed by atoms with Crippen LogP contribution in [0.25, 0.3) is 0 Å². The van der Waals surface area contributed by atoms with Gasteiger partial charge in [-0.15, -0.1) is 0 Å². The summed E-state index contributed by atoms with van der Waals surface area (Å²) in [4.78, 5) is 4.33. The average Bonchev–Trinajstić information content (AvgIpc) is 2.48. The molecule has 0 saturated heterocycles. The third kappa shape index (κ3) is 2.07. The van der Waals surface area contributed by atoms with Gasteiger partial charge in [0.25, 0.3) is 0 Å². The van der Waals surface area contributed by atoms with Crippen molar-refractivity contribution >= 4 is 0 Å². The normalized spacial score (nSPS) is 12.5. The molecule has 2 N–H and O–H groups in total. The second kappa shape index (κ2) is 4.06. The summed E-state index contributed by atoms with van der Waals surface area (Å²) in [6.07, 6.45) is 2.68. The van der Waals surface area contributed by atoms with E-state index in [1.165, 1.54) is 0 Å². The molecule has 0 amide bonds. The number of rotatable bonds is 3. The summed E-state index contributed by atoms with van der Waals surface area (Å²) in [7, 11) is 0. The molecule has 0 saturated carbocycles. The Kier molecular flexibility index (Phi) is 3.04. The summed E-state index contributed by atoms with van der Waals surface area (Å²) < 4.78 is 1.85. The summed E-state index contributed by atoms with van der Waals surface area (Å²) in [5.74, 6) is 0.925. The zero-order valence-corrected chi connectivity index (χ0v) is 7.99. The third-order valence-electron chi connectivity index (χ3n) is 1.90. The smallest absolute Gasteiger partial charge is 0.111 e. The van der Waals surface area contributed by atoms with Crippen molar-refractivity contribution < 1.29 is 0 Å². The van der Waals surface area contributed by atoms with Crippen molar-refractivity contribution in [1.82, 2.24) is 9.55 Å². The monoisotopic (exact) mass is 178 g/mol. The van der Waals surface area contributed by atoms with E-state index in [9.17, 15) is 0 Å². The molecule has 0 aliphatic heterocycles. The first-order valence-electron chi connectivity index (χ1n) is 4.37. The molecule has 0 aliphatic carbocycles. The van der Waals surface area contributed by atoms with Crippen molar-refractivity contribution in [3.8, 4) is 6.07 Å². The van der Waals surface area contributed by atoms with Crippen LogP contribution in [0.1, 0.15) is 31.4 Å². The molecule has 0 fully saturated rings. The quantitative estimate of drug-likeness (QED) is 0.750. The number of aromatic nitrogens is 2. The van der Waals surface area contributed by atoms with E-state index in [1.54, 1.807) is 0 Å². The highest BCUT2D eigenvalue weighted by Crippen LogP contribution is 2.10. The van der Waals surface area contributed by atoms with Crippen molar-refractivity contribution in [3.05, 3.63) is 17.7 Å². The van der Waals surface area contributed by atoms with Gasteiger partial charge < -0.3 is 10.3 Å². The fraction of sp³-hybridized carbons (Fsp3) is 0.556. The number of nitriles is 1. The summed E-state index contributed by atoms with van der Waals surface area (Å²) >= 11 is 0. The Morgan fingerprint density at radius 2 is 2.46 bits per heavy atom. The Balaban J connectivity index is 2.98. The van der Waals surface area contributed by atoms with Gasteiger partial charge in [-0.3, -0.25) is 0 Å². The van der Waals surface area contributed by atoms with Crippen LogP contribution in [0.5, 0.6) is 0 Å². The lowest BCUT2D eigenvalue weighted by atomic mass is 10.3. The molecule has 70 valence electrons. The minimum Gasteiger partial charge on any atom is -0.323 e. The van der Waals surface area contributed by atoms with Gasteiger partial charge in [-0.25, -0.2) is 4.98 Å². The van der Waals surface area contributed by atoms with Gasteiger partial charge in [-0.2, -0.15) is 5.26 Å². The van der Waals surface area contributed by atoms with E-state index >= 15 is 0 Å². The average molecular weight is 178 g/mol. The van der Waals surface area contributed by atoms with Crippen molar-refractivity contribution in [3.63, 3.8) is 0 Å². The molecule has 1 rings (SSSR count). The molecule has 1 aromatic heterocycles. The van der Waals surface area contributed by atoms with Crippen LogP contribution < -0.4 is 5.73 Å². The summed E-state index contributed by atoms with van der Waals surface area (Å²) in [5, 5.41) is 8.56. The lowest BCUT2D eigenvalue weighted by Crippen LogP contribution is -2.05. The van der Waals surface area contributed by atoms with Gasteiger partial charge in [0.1, 0.15) is 12.4 Å². The Hall–Kier alpha value is -1.34. The molecule has 0 bridgehead atoms. The van der Waals surface area contributed by atoms with Crippen molar-refractivity contribution in [2.75, 3.05) is 0 Å². The molecule has 4 heteroatoms. The minimum absolute atomic E-state index is 0.0646. The van der Waals surface area contributed by atoms with E-state index in [4.69, 9.17) is 11.0 Å². The lowest BCUT2D eigenvalue weighted by molar-refractivity contribution is 0.755. The predicted octanol–water partition coefficient (Wildman–Crippen LogP) is 0.989. The van der Waals surface area contributed by atoms with Crippen LogP contribution in [0.15, 0.2) is 6.20 Å². The molecule has 1 heterocycles. The highest BCUT2D eigenvalue weighted by atomic mass is 15.1. The fourth-order valence-corrected chi connectivity index (χ4v) is 1.19. The maximum atomic E-state index is 8.56. The van der Waals surface area contributed by atoms with E-state index in [-0.39, 0.29) is 6.04 Å². The number of nitrogens with zero attached hydrogens (tertiary/aromatic N) is 3. The zero-order valence-electron chi connectivity index (χ0n) is 7.99. The van der Waals surface area contributed by atoms with Crippen molar-refractivity contribution in [2.24, 2.45) is 5.73 Å². The summed E-state index contributed by atoms with van der Waals surface area (Å²) in [6.45, 7) is 4.25. The molecule has 4 nitrogen and oxygen atoms in total. The molecule has 13 heavy (non-hydrogen) atoms. The highest BCUT2D eigenvalue weighted by Gasteiger charge is 2.08. The Bertz CT molecular complexity index is 319. The van der Waals surface area contributed by atoms with Crippen molar-refractivity contribution in [1.29, 1.82) is 5.26 Å². The van der Waals surface area contributed by atoms with Crippen LogP contribution in [0.2, 0.25) is 0 Å². The molecule has 0 unspecified atom stereocenters. The predicted molar refractivity (Wildman–Crippen MR) is 49.8 cm³/mol. The first-order valence-corrected chi connectivity index (χ1v) is 4.37. The number of imidazole rings is 1. The van der Waals surface area contributed by atoms with E-state index < -0.39 is 0 Å². The standard InChI is InChI=1S/C9H14N4/c1-3-9-12-8(7(2)11)6-13(9)5-4-10/h6-7H,3,5,11H2,1-2H3/t7-/m1/s1. The van der Waals surface area contributed by atoms with Crippen LogP contribution in [-0.4, -0.2) is 9.55 Å². The molecule has 0 radical (unpaired) electrons. The third-order valence-corrected chi connectivity index (χ3v) is 1.90. The number of nitrogens with two attached hydrogens (primary N) is 1. The lowest BCUT2D eigenvalue weighted by Gasteiger charge is -1.97. The topological polar surface area (TPSA) is 67.6 Å². The van der Waals surface area contributed by atoms with Crippen LogP contribution in [0.3, 0.4) is 0 Å². The van der Waals surface area contributed by atoms with Crippen LogP contribution in [0, 0.1) is 11.3 Å². The van der Waals surface area contributed by atoms with Gasteiger partial charge in [0.05, 0.1) is 11.8 Å². The molecule has 0 aromatic carbocycles. The van der Waals surface area contributed by atoms with Crippen molar-refractivity contribution in [2.45, 2.75) is 32.9 Å². The number of hydrogen-bond donors (Lipinski definition) is 1. The molecular weight excluding hydrogens is 164 g/mol. The van der Waals surface area contributed by atoms with Gasteiger partial charge in [-0.1, -0.05) is 6.92 Å². The fourth-order valence-electron chi connectivity index (χ4n) is 1.19. The summed E-state index contributed by atoms with van der Waals surface area (Å²) in [6, 6.07) is 2.03. The second-order valence-electron chi connectivity index (χ2n) is 3.01. The molecule has 1 atom stereocenters. The Morgan fingerprint density at radius 3 is 2.92 bits per heavy atom. The first kappa shape index (κ1) is 9.75. The zero-order chi connectivity index (χ0) is 9.84. The molecular formula is C9H14N4. The summed E-state index contributed by atoms with van der Waals surface area (Å²) in [5.41, 5.74) is 6.54. The van der Waals surface area contributed by atoms with Crippen LogP contribution in [0.4, 0.5) is 0 Å². The maximum Gasteiger partial charge on any atom is 0.111 e. The number of aryl methyl sites for hydroxylation is 1. The number of hydrogen-bond acceptors (Lipinski definition) is 3. The van der Waals surface area contributed by atoms with E-state index in [0.717, 1.165) is 17.9 Å². The highest BCUT2D eigenvalue weighted by molar-refractivity contribution is 5.08. The Morgan fingerprint density at radius 1 is 1.77 bits per heavy atom. The van der Waals surface area contributed by atoms with Gasteiger partial charge in [0.15, 0.2) is 0 Å². The van der Waals surface area contributed by atoms with Gasteiger partial charge in [-0.05, 0) is 6.92 Å². The van der Waals surface area contributed by atoms with E-state index in [2.05, 4.69) is 11.1 Å². The van der Waals surface area contributed by atoms with Gasteiger partial charge >= 0.3 is 0 Å². The second-order valence-corrected chi connectivity index (χ2v) is 3.01.